The lowest BCUT2D eigenvalue weighted by molar-refractivity contribution is 0.0979. The molecule has 0 saturated heterocycles. The van der Waals surface area contributed by atoms with Gasteiger partial charge in [-0.25, -0.2) is 0 Å². The highest BCUT2D eigenvalue weighted by Crippen LogP contribution is 2.31. The normalized spacial score (nSPS) is 12.8. The van der Waals surface area contributed by atoms with E-state index in [2.05, 4.69) is 18.8 Å². The van der Waals surface area contributed by atoms with Crippen molar-refractivity contribution in [2.24, 2.45) is 4.99 Å². The molecule has 1 heterocycles. The minimum absolute atomic E-state index is 0.127. The van der Waals surface area contributed by atoms with Crippen molar-refractivity contribution < 1.29 is 14.0 Å². The lowest BCUT2D eigenvalue weighted by Gasteiger charge is -2.17. The fourth-order valence-corrected chi connectivity index (χ4v) is 3.77. The van der Waals surface area contributed by atoms with Crippen LogP contribution in [-0.4, -0.2) is 17.8 Å². The first-order chi connectivity index (χ1) is 15.0. The third-order valence-corrected chi connectivity index (χ3v) is 5.67. The van der Waals surface area contributed by atoms with Gasteiger partial charge in [0.2, 0.25) is 0 Å². The number of rotatable bonds is 3. The number of fused-ring (bicyclic) bond motifs is 2. The maximum atomic E-state index is 12.9. The minimum atomic E-state index is -0.143. The summed E-state index contributed by atoms with van der Waals surface area (Å²) in [6.45, 7) is 4.12. The lowest BCUT2D eigenvalue weighted by atomic mass is 9.83. The number of aryl methyl sites for hydroxylation is 2. The maximum absolute atomic E-state index is 12.9. The Labute approximate surface area is 179 Å². The molecule has 0 aliphatic heterocycles. The number of hydrogen-bond acceptors (Lipinski definition) is 4. The van der Waals surface area contributed by atoms with Gasteiger partial charge < -0.3 is 4.42 Å². The van der Waals surface area contributed by atoms with Crippen molar-refractivity contribution in [1.82, 2.24) is 0 Å². The third-order valence-electron chi connectivity index (χ3n) is 5.67. The molecule has 4 heteroatoms. The molecule has 150 valence electrons. The topological polar surface area (TPSA) is 59.6 Å². The molecule has 0 unspecified atom stereocenters. The van der Waals surface area contributed by atoms with Crippen molar-refractivity contribution in [2.45, 2.75) is 13.8 Å². The molecular weight excluding hydrogens is 386 g/mol. The Hall–Kier alpha value is -4.05. The zero-order chi connectivity index (χ0) is 21.5. The molecule has 4 nitrogen and oxygen atoms in total. The van der Waals surface area contributed by atoms with E-state index in [1.54, 1.807) is 48.7 Å². The van der Waals surface area contributed by atoms with Crippen molar-refractivity contribution in [1.29, 1.82) is 0 Å². The number of benzene rings is 3. The molecule has 0 amide bonds. The summed E-state index contributed by atoms with van der Waals surface area (Å²) < 4.78 is 5.92. The van der Waals surface area contributed by atoms with Crippen molar-refractivity contribution in [3.8, 4) is 11.3 Å². The van der Waals surface area contributed by atoms with Crippen LogP contribution in [0.3, 0.4) is 0 Å². The second-order valence-electron chi connectivity index (χ2n) is 7.69. The Morgan fingerprint density at radius 2 is 1.42 bits per heavy atom. The summed E-state index contributed by atoms with van der Waals surface area (Å²) in [6, 6.07) is 21.9. The van der Waals surface area contributed by atoms with Gasteiger partial charge in [-0.2, -0.15) is 0 Å². The van der Waals surface area contributed by atoms with Gasteiger partial charge in [-0.1, -0.05) is 36.4 Å². The number of furan rings is 1. The predicted octanol–water partition coefficient (Wildman–Crippen LogP) is 6.09. The third kappa shape index (κ3) is 3.32. The highest BCUT2D eigenvalue weighted by Gasteiger charge is 2.29. The standard InChI is InChI=1S/C27H19NO3/c1-16-7-9-19(13-17(16)2)28-15-20-10-12-25(31-20)18-8-11-23-24(14-18)27(30)22-6-4-3-5-21(22)26(23)29/h3-15H,1-2H3. The van der Waals surface area contributed by atoms with Crippen LogP contribution in [0.15, 0.2) is 82.2 Å². The monoisotopic (exact) mass is 405 g/mol. The Morgan fingerprint density at radius 1 is 0.710 bits per heavy atom. The fourth-order valence-electron chi connectivity index (χ4n) is 3.77. The minimum Gasteiger partial charge on any atom is -0.455 e. The summed E-state index contributed by atoms with van der Waals surface area (Å²) in [4.78, 5) is 30.2. The van der Waals surface area contributed by atoms with Gasteiger partial charge in [0, 0.05) is 27.8 Å². The summed E-state index contributed by atoms with van der Waals surface area (Å²) in [7, 11) is 0. The molecule has 1 aliphatic rings. The Kier molecular flexibility index (Phi) is 4.48. The van der Waals surface area contributed by atoms with E-state index >= 15 is 0 Å². The molecule has 0 radical (unpaired) electrons. The van der Waals surface area contributed by atoms with E-state index in [4.69, 9.17) is 4.42 Å². The molecule has 1 aliphatic carbocycles. The van der Waals surface area contributed by atoms with Gasteiger partial charge in [0.1, 0.15) is 11.5 Å². The Balaban J connectivity index is 1.45. The molecule has 0 N–H and O–H groups in total. The molecule has 5 rings (SSSR count). The zero-order valence-corrected chi connectivity index (χ0v) is 17.2. The van der Waals surface area contributed by atoms with E-state index < -0.39 is 0 Å². The Morgan fingerprint density at radius 3 is 2.16 bits per heavy atom. The van der Waals surface area contributed by atoms with Gasteiger partial charge in [-0.15, -0.1) is 0 Å². The van der Waals surface area contributed by atoms with Gasteiger partial charge in [0.15, 0.2) is 11.6 Å². The zero-order valence-electron chi connectivity index (χ0n) is 17.2. The van der Waals surface area contributed by atoms with Crippen LogP contribution in [0.25, 0.3) is 11.3 Å². The van der Waals surface area contributed by atoms with Crippen molar-refractivity contribution >= 4 is 23.5 Å². The molecule has 0 saturated carbocycles. The van der Waals surface area contributed by atoms with Crippen molar-refractivity contribution in [3.05, 3.63) is 112 Å². The second kappa shape index (κ2) is 7.33. The van der Waals surface area contributed by atoms with E-state index in [-0.39, 0.29) is 11.6 Å². The summed E-state index contributed by atoms with van der Waals surface area (Å²) in [5.41, 5.74) is 5.74. The number of hydrogen-bond donors (Lipinski definition) is 0. The number of nitrogens with zero attached hydrogens (tertiary/aromatic N) is 1. The number of ketones is 2. The second-order valence-corrected chi connectivity index (χ2v) is 7.69. The van der Waals surface area contributed by atoms with Crippen molar-refractivity contribution in [2.75, 3.05) is 0 Å². The van der Waals surface area contributed by atoms with Crippen LogP contribution in [0, 0.1) is 13.8 Å². The molecule has 31 heavy (non-hydrogen) atoms. The Bertz CT molecular complexity index is 1390. The van der Waals surface area contributed by atoms with Gasteiger partial charge in [0.05, 0.1) is 11.9 Å². The molecule has 0 atom stereocenters. The molecule has 0 spiro atoms. The van der Waals surface area contributed by atoms with Crippen LogP contribution >= 0.6 is 0 Å². The summed E-state index contributed by atoms with van der Waals surface area (Å²) in [6.07, 6.45) is 1.68. The summed E-state index contributed by atoms with van der Waals surface area (Å²) in [5.74, 6) is 0.953. The first-order valence-corrected chi connectivity index (χ1v) is 10.1. The van der Waals surface area contributed by atoms with E-state index in [1.165, 1.54) is 11.1 Å². The van der Waals surface area contributed by atoms with E-state index in [9.17, 15) is 9.59 Å². The van der Waals surface area contributed by atoms with E-state index in [0.717, 1.165) is 11.3 Å². The van der Waals surface area contributed by atoms with E-state index in [0.29, 0.717) is 33.8 Å². The predicted molar refractivity (Wildman–Crippen MR) is 121 cm³/mol. The quantitative estimate of drug-likeness (QED) is 0.341. The van der Waals surface area contributed by atoms with Crippen LogP contribution in [-0.2, 0) is 0 Å². The summed E-state index contributed by atoms with van der Waals surface area (Å²) in [5, 5.41) is 0. The maximum Gasteiger partial charge on any atom is 0.194 e. The van der Waals surface area contributed by atoms with Crippen LogP contribution in [0.4, 0.5) is 5.69 Å². The van der Waals surface area contributed by atoms with Gasteiger partial charge in [-0.3, -0.25) is 14.6 Å². The first-order valence-electron chi connectivity index (χ1n) is 10.1. The molecule has 0 bridgehead atoms. The molecule has 0 fully saturated rings. The van der Waals surface area contributed by atoms with Gasteiger partial charge >= 0.3 is 0 Å². The molecule has 4 aromatic rings. The van der Waals surface area contributed by atoms with Crippen LogP contribution < -0.4 is 0 Å². The lowest BCUT2D eigenvalue weighted by Crippen LogP contribution is -2.20. The highest BCUT2D eigenvalue weighted by molar-refractivity contribution is 6.28. The molecule has 3 aromatic carbocycles. The highest BCUT2D eigenvalue weighted by atomic mass is 16.3. The van der Waals surface area contributed by atoms with Crippen molar-refractivity contribution in [3.63, 3.8) is 0 Å². The summed E-state index contributed by atoms with van der Waals surface area (Å²) >= 11 is 0. The van der Waals surface area contributed by atoms with Crippen LogP contribution in [0.1, 0.15) is 48.7 Å². The first kappa shape index (κ1) is 18.9. The smallest absolute Gasteiger partial charge is 0.194 e. The number of carbonyl (C=O) groups excluding carboxylic acids is 2. The molecule has 1 aromatic heterocycles. The van der Waals surface area contributed by atoms with Gasteiger partial charge in [0.25, 0.3) is 0 Å². The van der Waals surface area contributed by atoms with Crippen LogP contribution in [0.2, 0.25) is 0 Å². The van der Waals surface area contributed by atoms with E-state index in [1.807, 2.05) is 30.3 Å². The number of aliphatic imine (C=N–C) groups is 1. The molecular formula is C27H19NO3. The average Bonchev–Trinajstić information content (AvgIpc) is 3.27. The van der Waals surface area contributed by atoms with Gasteiger partial charge in [-0.05, 0) is 61.4 Å². The average molecular weight is 405 g/mol. The largest absolute Gasteiger partial charge is 0.455 e. The number of carbonyl (C=O) groups is 2. The fraction of sp³-hybridized carbons (Fsp3) is 0.0741. The van der Waals surface area contributed by atoms with Crippen LogP contribution in [0.5, 0.6) is 0 Å². The SMILES string of the molecule is Cc1ccc(N=Cc2ccc(-c3ccc4c(c3)C(=O)c3ccccc3C4=O)o2)cc1C.